The van der Waals surface area contributed by atoms with Crippen molar-refractivity contribution in [2.24, 2.45) is 0 Å². The smallest absolute Gasteiger partial charge is 0.0794 e. The third-order valence-electron chi connectivity index (χ3n) is 3.03. The molecule has 0 aliphatic carbocycles. The number of hydrogen-bond donors (Lipinski definition) is 1. The molecular formula is C12H23N3S. The number of nitrogens with one attached hydrogen (secondary N) is 1. The van der Waals surface area contributed by atoms with Crippen LogP contribution in [0.15, 0.2) is 11.7 Å². The van der Waals surface area contributed by atoms with Crippen LogP contribution < -0.4 is 5.32 Å². The standard InChI is InChI=1S/C12H23N3S/c1-4-15(5-2)7-6-11(13-3)8-12-9-14-10-16-12/h9-11,13H,4-8H2,1-3H3. The summed E-state index contributed by atoms with van der Waals surface area (Å²) in [5.74, 6) is 0. The van der Waals surface area contributed by atoms with E-state index < -0.39 is 0 Å². The van der Waals surface area contributed by atoms with Crippen LogP contribution in [0.4, 0.5) is 0 Å². The summed E-state index contributed by atoms with van der Waals surface area (Å²) < 4.78 is 0. The van der Waals surface area contributed by atoms with Gasteiger partial charge in [-0.15, -0.1) is 11.3 Å². The van der Waals surface area contributed by atoms with Crippen LogP contribution in [0.3, 0.4) is 0 Å². The van der Waals surface area contributed by atoms with Gasteiger partial charge in [0.25, 0.3) is 0 Å². The number of aromatic nitrogens is 1. The van der Waals surface area contributed by atoms with Crippen LogP contribution in [0.25, 0.3) is 0 Å². The molecule has 1 N–H and O–H groups in total. The summed E-state index contributed by atoms with van der Waals surface area (Å²) in [7, 11) is 2.05. The Bertz CT molecular complexity index is 257. The van der Waals surface area contributed by atoms with Crippen LogP contribution in [-0.2, 0) is 6.42 Å². The lowest BCUT2D eigenvalue weighted by Crippen LogP contribution is -2.33. The lowest BCUT2D eigenvalue weighted by atomic mass is 10.1. The van der Waals surface area contributed by atoms with Gasteiger partial charge in [0.1, 0.15) is 0 Å². The number of likely N-dealkylation sites (N-methyl/N-ethyl adjacent to an activating group) is 1. The van der Waals surface area contributed by atoms with Crippen LogP contribution in [0.2, 0.25) is 0 Å². The topological polar surface area (TPSA) is 28.2 Å². The maximum atomic E-state index is 4.12. The number of hydrogen-bond acceptors (Lipinski definition) is 4. The highest BCUT2D eigenvalue weighted by Gasteiger charge is 2.09. The molecule has 3 nitrogen and oxygen atoms in total. The molecule has 0 saturated heterocycles. The van der Waals surface area contributed by atoms with E-state index in [1.165, 1.54) is 17.8 Å². The van der Waals surface area contributed by atoms with Gasteiger partial charge in [-0.25, -0.2) is 0 Å². The summed E-state index contributed by atoms with van der Waals surface area (Å²) in [4.78, 5) is 7.96. The molecule has 1 aromatic rings. The van der Waals surface area contributed by atoms with Crippen molar-refractivity contribution >= 4 is 11.3 Å². The van der Waals surface area contributed by atoms with Gasteiger partial charge in [0, 0.05) is 17.1 Å². The van der Waals surface area contributed by atoms with Gasteiger partial charge in [-0.05, 0) is 39.5 Å². The van der Waals surface area contributed by atoms with Gasteiger partial charge in [-0.2, -0.15) is 0 Å². The lowest BCUT2D eigenvalue weighted by molar-refractivity contribution is 0.283. The molecule has 1 atom stereocenters. The largest absolute Gasteiger partial charge is 0.317 e. The average Bonchev–Trinajstić information content (AvgIpc) is 2.81. The normalized spacial score (nSPS) is 13.2. The van der Waals surface area contributed by atoms with Crippen molar-refractivity contribution in [3.63, 3.8) is 0 Å². The fourth-order valence-electron chi connectivity index (χ4n) is 1.81. The Morgan fingerprint density at radius 1 is 1.44 bits per heavy atom. The summed E-state index contributed by atoms with van der Waals surface area (Å²) in [6.07, 6.45) is 4.28. The van der Waals surface area contributed by atoms with E-state index in [1.54, 1.807) is 11.3 Å². The molecule has 0 radical (unpaired) electrons. The van der Waals surface area contributed by atoms with Gasteiger partial charge in [0.2, 0.25) is 0 Å². The molecular weight excluding hydrogens is 218 g/mol. The third kappa shape index (κ3) is 4.60. The van der Waals surface area contributed by atoms with E-state index in [1.807, 2.05) is 18.8 Å². The van der Waals surface area contributed by atoms with Gasteiger partial charge < -0.3 is 10.2 Å². The van der Waals surface area contributed by atoms with E-state index in [4.69, 9.17) is 0 Å². The summed E-state index contributed by atoms with van der Waals surface area (Å²) in [6, 6.07) is 0.570. The highest BCUT2D eigenvalue weighted by atomic mass is 32.1. The zero-order valence-corrected chi connectivity index (χ0v) is 11.4. The van der Waals surface area contributed by atoms with E-state index in [0.717, 1.165) is 19.5 Å². The Labute approximate surface area is 103 Å². The lowest BCUT2D eigenvalue weighted by Gasteiger charge is -2.22. The molecule has 0 spiro atoms. The first kappa shape index (κ1) is 13.6. The Balaban J connectivity index is 2.31. The molecule has 0 aliphatic rings. The summed E-state index contributed by atoms with van der Waals surface area (Å²) in [6.45, 7) is 7.92. The second kappa shape index (κ2) is 7.76. The minimum Gasteiger partial charge on any atom is -0.317 e. The summed E-state index contributed by atoms with van der Waals surface area (Å²) in [5, 5.41) is 3.40. The fourth-order valence-corrected chi connectivity index (χ4v) is 2.49. The Morgan fingerprint density at radius 3 is 2.69 bits per heavy atom. The van der Waals surface area contributed by atoms with Crippen LogP contribution in [0.5, 0.6) is 0 Å². The van der Waals surface area contributed by atoms with Crippen molar-refractivity contribution in [2.75, 3.05) is 26.7 Å². The van der Waals surface area contributed by atoms with E-state index in [0.29, 0.717) is 6.04 Å². The van der Waals surface area contributed by atoms with Gasteiger partial charge in [0.15, 0.2) is 0 Å². The first-order valence-corrected chi connectivity index (χ1v) is 6.95. The van der Waals surface area contributed by atoms with Crippen molar-refractivity contribution in [1.29, 1.82) is 0 Å². The zero-order chi connectivity index (χ0) is 11.8. The molecule has 0 bridgehead atoms. The Hall–Kier alpha value is -0.450. The molecule has 92 valence electrons. The maximum Gasteiger partial charge on any atom is 0.0794 e. The van der Waals surface area contributed by atoms with Crippen LogP contribution >= 0.6 is 11.3 Å². The van der Waals surface area contributed by atoms with Crippen molar-refractivity contribution in [3.05, 3.63) is 16.6 Å². The Morgan fingerprint density at radius 2 is 2.19 bits per heavy atom. The molecule has 1 rings (SSSR count). The maximum absolute atomic E-state index is 4.12. The molecule has 0 fully saturated rings. The summed E-state index contributed by atoms with van der Waals surface area (Å²) >= 11 is 1.75. The predicted molar refractivity (Wildman–Crippen MR) is 71.1 cm³/mol. The molecule has 16 heavy (non-hydrogen) atoms. The molecule has 0 saturated carbocycles. The van der Waals surface area contributed by atoms with Gasteiger partial charge >= 0.3 is 0 Å². The second-order valence-electron chi connectivity index (χ2n) is 3.97. The van der Waals surface area contributed by atoms with Gasteiger partial charge in [-0.3, -0.25) is 4.98 Å². The van der Waals surface area contributed by atoms with Gasteiger partial charge in [0.05, 0.1) is 5.51 Å². The monoisotopic (exact) mass is 241 g/mol. The second-order valence-corrected chi connectivity index (χ2v) is 4.94. The number of nitrogens with zero attached hydrogens (tertiary/aromatic N) is 2. The molecule has 1 heterocycles. The minimum absolute atomic E-state index is 0.570. The van der Waals surface area contributed by atoms with Crippen molar-refractivity contribution < 1.29 is 0 Å². The molecule has 0 amide bonds. The van der Waals surface area contributed by atoms with E-state index >= 15 is 0 Å². The number of thiazole rings is 1. The van der Waals surface area contributed by atoms with Gasteiger partial charge in [-0.1, -0.05) is 13.8 Å². The quantitative estimate of drug-likeness (QED) is 0.754. The third-order valence-corrected chi connectivity index (χ3v) is 3.83. The molecule has 1 unspecified atom stereocenters. The predicted octanol–water partition coefficient (Wildman–Crippen LogP) is 2.01. The van der Waals surface area contributed by atoms with Crippen molar-refractivity contribution in [2.45, 2.75) is 32.7 Å². The number of rotatable bonds is 8. The molecule has 1 aromatic heterocycles. The molecule has 0 aliphatic heterocycles. The average molecular weight is 241 g/mol. The first-order chi connectivity index (χ1) is 7.80. The van der Waals surface area contributed by atoms with Crippen LogP contribution in [-0.4, -0.2) is 42.6 Å². The van der Waals surface area contributed by atoms with Crippen LogP contribution in [0.1, 0.15) is 25.1 Å². The molecule has 0 aromatic carbocycles. The zero-order valence-electron chi connectivity index (χ0n) is 10.6. The Kier molecular flexibility index (Phi) is 6.61. The highest BCUT2D eigenvalue weighted by molar-refractivity contribution is 7.09. The van der Waals surface area contributed by atoms with Crippen molar-refractivity contribution in [1.82, 2.24) is 15.2 Å². The van der Waals surface area contributed by atoms with E-state index in [2.05, 4.69) is 29.0 Å². The van der Waals surface area contributed by atoms with E-state index in [9.17, 15) is 0 Å². The highest BCUT2D eigenvalue weighted by Crippen LogP contribution is 2.10. The fraction of sp³-hybridized carbons (Fsp3) is 0.750. The first-order valence-electron chi connectivity index (χ1n) is 6.07. The summed E-state index contributed by atoms with van der Waals surface area (Å²) in [5.41, 5.74) is 1.91. The minimum atomic E-state index is 0.570. The van der Waals surface area contributed by atoms with Crippen LogP contribution in [0, 0.1) is 0 Å². The van der Waals surface area contributed by atoms with Crippen molar-refractivity contribution in [3.8, 4) is 0 Å². The molecule has 4 heteroatoms. The van der Waals surface area contributed by atoms with E-state index in [-0.39, 0.29) is 0 Å². The SMILES string of the molecule is CCN(CC)CCC(Cc1cncs1)NC.